The van der Waals surface area contributed by atoms with Gasteiger partial charge in [-0.05, 0) is 72.8 Å². The van der Waals surface area contributed by atoms with Crippen molar-refractivity contribution in [1.82, 2.24) is 30.7 Å². The zero-order valence-corrected chi connectivity index (χ0v) is 37.5. The molecule has 340 valence electrons. The number of piperidine rings is 1. The summed E-state index contributed by atoms with van der Waals surface area (Å²) in [6.07, 6.45) is 3.27. The lowest BCUT2D eigenvalue weighted by atomic mass is 9.85. The number of rotatable bonds is 22. The molecule has 4 heterocycles. The summed E-state index contributed by atoms with van der Waals surface area (Å²) in [4.78, 5) is 85.7. The zero-order valence-electron chi connectivity index (χ0n) is 36.7. The third-order valence-corrected chi connectivity index (χ3v) is 12.4. The van der Waals surface area contributed by atoms with E-state index in [4.69, 9.17) is 18.9 Å². The standard InChI is InChI=1S/C46H60N6O10S/c1-30-40(63-29-48-30)33-14-12-31(13-15-33)26-47-42(55)36-11-6-18-51(36)45(58)41(46(2,3)4)49-39(54)28-62-25-24-61-23-22-60-21-20-59-19-7-9-32-8-5-10-34-35(32)27-52(44(34)57)37-16-17-38(53)50-43(37)56/h5,8,10,12-15,29,36-37,41H,6-7,9,11,16-28H2,1-4H3,(H,47,55)(H,49,54)(H,50,53,56)/t36-,37?,41+/m0/s1. The summed E-state index contributed by atoms with van der Waals surface area (Å²) in [5.74, 6) is -1.84. The number of nitrogens with one attached hydrogen (secondary N) is 3. The van der Waals surface area contributed by atoms with E-state index in [1.807, 2.05) is 69.6 Å². The topological polar surface area (TPSA) is 195 Å². The zero-order chi connectivity index (χ0) is 44.9. The van der Waals surface area contributed by atoms with Gasteiger partial charge in [0, 0.05) is 38.2 Å². The summed E-state index contributed by atoms with van der Waals surface area (Å²) in [7, 11) is 0. The first-order chi connectivity index (χ1) is 30.3. The lowest BCUT2D eigenvalue weighted by molar-refractivity contribution is -0.144. The second-order valence-corrected chi connectivity index (χ2v) is 17.9. The molecule has 3 aliphatic rings. The van der Waals surface area contributed by atoms with Gasteiger partial charge in [-0.1, -0.05) is 57.2 Å². The van der Waals surface area contributed by atoms with Crippen LogP contribution in [0, 0.1) is 12.3 Å². The van der Waals surface area contributed by atoms with E-state index in [-0.39, 0.29) is 49.9 Å². The van der Waals surface area contributed by atoms with Crippen LogP contribution in [0.2, 0.25) is 0 Å². The number of nitrogens with zero attached hydrogens (tertiary/aromatic N) is 3. The van der Waals surface area contributed by atoms with Gasteiger partial charge in [-0.15, -0.1) is 11.3 Å². The van der Waals surface area contributed by atoms with Crippen LogP contribution in [-0.2, 0) is 62.4 Å². The van der Waals surface area contributed by atoms with Crippen LogP contribution in [-0.4, -0.2) is 128 Å². The average molecular weight is 889 g/mol. The first-order valence-corrected chi connectivity index (χ1v) is 22.6. The van der Waals surface area contributed by atoms with Gasteiger partial charge in [0.05, 0.1) is 55.7 Å². The Bertz CT molecular complexity index is 2090. The van der Waals surface area contributed by atoms with Gasteiger partial charge in [0.15, 0.2) is 0 Å². The molecule has 0 bridgehead atoms. The minimum Gasteiger partial charge on any atom is -0.379 e. The highest BCUT2D eigenvalue weighted by atomic mass is 32.1. The molecule has 17 heteroatoms. The Morgan fingerprint density at radius 1 is 0.921 bits per heavy atom. The highest BCUT2D eigenvalue weighted by molar-refractivity contribution is 7.13. The molecule has 1 aromatic heterocycles. The van der Waals surface area contributed by atoms with E-state index >= 15 is 0 Å². The highest BCUT2D eigenvalue weighted by Gasteiger charge is 2.42. The largest absolute Gasteiger partial charge is 0.379 e. The van der Waals surface area contributed by atoms with Gasteiger partial charge < -0.3 is 39.4 Å². The van der Waals surface area contributed by atoms with Crippen molar-refractivity contribution >= 4 is 46.8 Å². The summed E-state index contributed by atoms with van der Waals surface area (Å²) < 4.78 is 22.4. The van der Waals surface area contributed by atoms with Gasteiger partial charge in [0.2, 0.25) is 29.5 Å². The highest BCUT2D eigenvalue weighted by Crippen LogP contribution is 2.31. The van der Waals surface area contributed by atoms with Crippen molar-refractivity contribution in [3.8, 4) is 10.4 Å². The van der Waals surface area contributed by atoms with Crippen molar-refractivity contribution in [3.63, 3.8) is 0 Å². The van der Waals surface area contributed by atoms with Crippen LogP contribution in [0.5, 0.6) is 0 Å². The van der Waals surface area contributed by atoms with Crippen LogP contribution >= 0.6 is 11.3 Å². The Morgan fingerprint density at radius 2 is 1.62 bits per heavy atom. The third kappa shape index (κ3) is 12.8. The Hall–Kier alpha value is -5.07. The first kappa shape index (κ1) is 47.4. The number of hydrogen-bond acceptors (Lipinski definition) is 12. The maximum atomic E-state index is 13.9. The summed E-state index contributed by atoms with van der Waals surface area (Å²) in [6, 6.07) is 11.5. The van der Waals surface area contributed by atoms with E-state index in [1.54, 1.807) is 27.2 Å². The molecule has 0 aliphatic carbocycles. The van der Waals surface area contributed by atoms with Gasteiger partial charge in [0.25, 0.3) is 5.91 Å². The molecular weight excluding hydrogens is 829 g/mol. The molecule has 3 aromatic rings. The predicted octanol–water partition coefficient (Wildman–Crippen LogP) is 3.72. The molecule has 1 unspecified atom stereocenters. The molecule has 16 nitrogen and oxygen atoms in total. The Morgan fingerprint density at radius 3 is 2.29 bits per heavy atom. The van der Waals surface area contributed by atoms with Crippen molar-refractivity contribution < 1.29 is 47.7 Å². The van der Waals surface area contributed by atoms with E-state index in [0.29, 0.717) is 77.5 Å². The van der Waals surface area contributed by atoms with Crippen LogP contribution in [0.15, 0.2) is 48.0 Å². The SMILES string of the molecule is Cc1ncsc1-c1ccc(CNC(=O)[C@@H]2CCCN2C(=O)[C@@H](NC(=O)COCCOCCOCCOCCCc2cccc3c2CN(C2CCC(=O)NC2=O)C3=O)C(C)(C)C)cc1. The average Bonchev–Trinajstić information content (AvgIpc) is 4.01. The van der Waals surface area contributed by atoms with Crippen LogP contribution in [0.25, 0.3) is 10.4 Å². The molecule has 6 amide bonds. The maximum Gasteiger partial charge on any atom is 0.255 e. The number of thiazole rings is 1. The summed E-state index contributed by atoms with van der Waals surface area (Å²) in [6.45, 7) is 11.0. The summed E-state index contributed by atoms with van der Waals surface area (Å²) in [5.41, 5.74) is 6.81. The molecule has 2 fully saturated rings. The number of aryl methyl sites for hydroxylation is 2. The molecule has 3 N–H and O–H groups in total. The Balaban J connectivity index is 0.801. The fraction of sp³-hybridized carbons (Fsp3) is 0.543. The van der Waals surface area contributed by atoms with Gasteiger partial charge >= 0.3 is 0 Å². The maximum absolute atomic E-state index is 13.9. The van der Waals surface area contributed by atoms with E-state index in [1.165, 1.54) is 0 Å². The molecule has 3 atom stereocenters. The first-order valence-electron chi connectivity index (χ1n) is 21.7. The number of amides is 6. The van der Waals surface area contributed by atoms with Crippen molar-refractivity contribution in [1.29, 1.82) is 0 Å². The molecule has 3 aliphatic heterocycles. The fourth-order valence-corrected chi connectivity index (χ4v) is 8.87. The van der Waals surface area contributed by atoms with Gasteiger partial charge in [-0.3, -0.25) is 34.1 Å². The van der Waals surface area contributed by atoms with E-state index in [0.717, 1.165) is 45.7 Å². The molecule has 0 radical (unpaired) electrons. The molecule has 6 rings (SSSR count). The predicted molar refractivity (Wildman–Crippen MR) is 234 cm³/mol. The number of benzene rings is 2. The smallest absolute Gasteiger partial charge is 0.255 e. The number of carbonyl (C=O) groups is 6. The Kier molecular flexibility index (Phi) is 16.9. The number of ether oxygens (including phenoxy) is 4. The second kappa shape index (κ2) is 22.5. The van der Waals surface area contributed by atoms with Crippen LogP contribution in [0.1, 0.15) is 85.6 Å². The minimum atomic E-state index is -0.849. The quantitative estimate of drug-likeness (QED) is 0.0984. The monoisotopic (exact) mass is 888 g/mol. The van der Waals surface area contributed by atoms with Crippen molar-refractivity contribution in [2.45, 2.75) is 97.4 Å². The van der Waals surface area contributed by atoms with E-state index in [2.05, 4.69) is 20.9 Å². The van der Waals surface area contributed by atoms with Gasteiger partial charge in [-0.2, -0.15) is 0 Å². The summed E-state index contributed by atoms with van der Waals surface area (Å²) >= 11 is 1.59. The lowest BCUT2D eigenvalue weighted by Gasteiger charge is -2.35. The minimum absolute atomic E-state index is 0.178. The number of fused-ring (bicyclic) bond motifs is 1. The van der Waals surface area contributed by atoms with Gasteiger partial charge in [0.1, 0.15) is 24.7 Å². The third-order valence-electron chi connectivity index (χ3n) is 11.4. The molecular formula is C46H60N6O10S. The van der Waals surface area contributed by atoms with Crippen molar-refractivity contribution in [2.24, 2.45) is 5.41 Å². The number of likely N-dealkylation sites (tertiary alicyclic amines) is 1. The summed E-state index contributed by atoms with van der Waals surface area (Å²) in [5, 5.41) is 8.19. The van der Waals surface area contributed by atoms with Crippen LogP contribution < -0.4 is 16.0 Å². The Labute approximate surface area is 372 Å². The van der Waals surface area contributed by atoms with E-state index < -0.39 is 35.4 Å². The molecule has 63 heavy (non-hydrogen) atoms. The molecule has 2 aromatic carbocycles. The number of hydrogen-bond donors (Lipinski definition) is 3. The van der Waals surface area contributed by atoms with Crippen LogP contribution in [0.4, 0.5) is 0 Å². The normalized spacial score (nSPS) is 18.1. The number of aromatic nitrogens is 1. The number of imide groups is 1. The van der Waals surface area contributed by atoms with Gasteiger partial charge in [-0.25, -0.2) is 4.98 Å². The van der Waals surface area contributed by atoms with E-state index in [9.17, 15) is 28.8 Å². The lowest BCUT2D eigenvalue weighted by Crippen LogP contribution is -2.58. The molecule has 0 saturated carbocycles. The molecule has 0 spiro atoms. The van der Waals surface area contributed by atoms with Crippen molar-refractivity contribution in [3.05, 3.63) is 75.9 Å². The molecule has 2 saturated heterocycles. The second-order valence-electron chi connectivity index (χ2n) is 17.1. The number of carbonyl (C=O) groups excluding carboxylic acids is 6. The fourth-order valence-electron chi connectivity index (χ4n) is 8.05. The van der Waals surface area contributed by atoms with Crippen molar-refractivity contribution in [2.75, 3.05) is 59.4 Å². The van der Waals surface area contributed by atoms with Crippen LogP contribution in [0.3, 0.4) is 0 Å².